The number of amides is 1. The van der Waals surface area contributed by atoms with Gasteiger partial charge in [0.25, 0.3) is 0 Å². The summed E-state index contributed by atoms with van der Waals surface area (Å²) in [5, 5.41) is 15.7. The second-order valence-corrected chi connectivity index (χ2v) is 6.08. The molecule has 1 unspecified atom stereocenters. The lowest BCUT2D eigenvalue weighted by atomic mass is 10.0. The minimum atomic E-state index is -0.649. The lowest BCUT2D eigenvalue weighted by molar-refractivity contribution is -0.120. The Morgan fingerprint density at radius 2 is 1.78 bits per heavy atom. The first kappa shape index (κ1) is 21.4. The molecule has 1 amide bonds. The summed E-state index contributed by atoms with van der Waals surface area (Å²) in [5.41, 5.74) is 1.01. The molecule has 1 aromatic carbocycles. The molecule has 0 radical (unpaired) electrons. The van der Waals surface area contributed by atoms with E-state index in [1.807, 2.05) is 20.8 Å². The first-order chi connectivity index (χ1) is 10.2. The Morgan fingerprint density at radius 1 is 1.22 bits per heavy atom. The Hall–Kier alpha value is -1.63. The molecule has 0 aliphatic heterocycles. The van der Waals surface area contributed by atoms with Gasteiger partial charge in [0.05, 0.1) is 11.7 Å². The van der Waals surface area contributed by atoms with Gasteiger partial charge in [-0.05, 0) is 38.5 Å². The average molecular weight is 345 g/mol. The number of aliphatic hydroxyl groups excluding tert-OH is 1. The Morgan fingerprint density at radius 3 is 2.26 bits per heavy atom. The molecule has 130 valence electrons. The molecular weight excluding hydrogens is 320 g/mol. The smallest absolute Gasteiger partial charge is 0.339 e. The van der Waals surface area contributed by atoms with Gasteiger partial charge in [-0.15, -0.1) is 12.4 Å². The van der Waals surface area contributed by atoms with Crippen molar-refractivity contribution in [3.8, 4) is 0 Å². The van der Waals surface area contributed by atoms with Gasteiger partial charge in [0.2, 0.25) is 5.91 Å². The molecule has 1 rings (SSSR count). The molecule has 0 spiro atoms. The van der Waals surface area contributed by atoms with E-state index in [1.54, 1.807) is 24.3 Å². The maximum absolute atomic E-state index is 11.7. The van der Waals surface area contributed by atoms with Gasteiger partial charge in [-0.3, -0.25) is 4.79 Å². The normalized spacial score (nSPS) is 12.0. The van der Waals surface area contributed by atoms with Gasteiger partial charge in [0, 0.05) is 19.0 Å². The van der Waals surface area contributed by atoms with Crippen LogP contribution in [0.2, 0.25) is 0 Å². The van der Waals surface area contributed by atoms with E-state index < -0.39 is 12.1 Å². The van der Waals surface area contributed by atoms with Gasteiger partial charge in [0.15, 0.2) is 6.73 Å². The van der Waals surface area contributed by atoms with Gasteiger partial charge >= 0.3 is 5.97 Å². The van der Waals surface area contributed by atoms with E-state index in [1.165, 1.54) is 6.92 Å². The molecule has 0 saturated heterocycles. The number of hydrogen-bond donors (Lipinski definition) is 3. The number of hydrogen-bond acceptors (Lipinski definition) is 5. The lowest BCUT2D eigenvalue weighted by Crippen LogP contribution is -2.38. The van der Waals surface area contributed by atoms with Crippen LogP contribution in [0.1, 0.15) is 49.7 Å². The van der Waals surface area contributed by atoms with Crippen molar-refractivity contribution in [1.29, 1.82) is 0 Å². The maximum atomic E-state index is 11.7. The summed E-state index contributed by atoms with van der Waals surface area (Å²) in [4.78, 5) is 22.4. The summed E-state index contributed by atoms with van der Waals surface area (Å²) >= 11 is 0. The van der Waals surface area contributed by atoms with E-state index >= 15 is 0 Å². The highest BCUT2D eigenvalue weighted by atomic mass is 35.5. The molecule has 0 aliphatic rings. The molecule has 0 saturated carbocycles. The third-order valence-electron chi connectivity index (χ3n) is 2.88. The minimum absolute atomic E-state index is 0. The van der Waals surface area contributed by atoms with Crippen LogP contribution in [0.15, 0.2) is 24.3 Å². The fourth-order valence-electron chi connectivity index (χ4n) is 1.65. The highest BCUT2D eigenvalue weighted by Gasteiger charge is 2.14. The number of rotatable bonds is 6. The molecule has 3 N–H and O–H groups in total. The van der Waals surface area contributed by atoms with E-state index in [-0.39, 0.29) is 30.6 Å². The van der Waals surface area contributed by atoms with Crippen molar-refractivity contribution in [3.05, 3.63) is 35.4 Å². The number of carbonyl (C=O) groups excluding carboxylic acids is 2. The highest BCUT2D eigenvalue weighted by molar-refractivity contribution is 5.89. The number of halogens is 1. The number of esters is 1. The largest absolute Gasteiger partial charge is 0.441 e. The van der Waals surface area contributed by atoms with Gasteiger partial charge < -0.3 is 20.5 Å². The predicted octanol–water partition coefficient (Wildman–Crippen LogP) is 1.78. The van der Waals surface area contributed by atoms with Gasteiger partial charge in [-0.2, -0.15) is 0 Å². The summed E-state index contributed by atoms with van der Waals surface area (Å²) in [6.45, 7) is 7.68. The van der Waals surface area contributed by atoms with Gasteiger partial charge in [0.1, 0.15) is 0 Å². The van der Waals surface area contributed by atoms with E-state index in [0.29, 0.717) is 12.1 Å². The summed E-state index contributed by atoms with van der Waals surface area (Å²) in [6.07, 6.45) is -0.649. The SMILES string of the molecule is CC(=O)NCOC(=O)c1ccc(C(O)CNC(C)(C)C)cc1.Cl. The first-order valence-electron chi connectivity index (χ1n) is 7.13. The Labute approximate surface area is 143 Å². The van der Waals surface area contributed by atoms with Crippen molar-refractivity contribution in [3.63, 3.8) is 0 Å². The van der Waals surface area contributed by atoms with E-state index in [9.17, 15) is 14.7 Å². The van der Waals surface area contributed by atoms with Crippen LogP contribution in [0, 0.1) is 0 Å². The van der Waals surface area contributed by atoms with Crippen molar-refractivity contribution < 1.29 is 19.4 Å². The molecule has 7 heteroatoms. The second kappa shape index (κ2) is 9.50. The lowest BCUT2D eigenvalue weighted by Gasteiger charge is -2.23. The van der Waals surface area contributed by atoms with E-state index in [4.69, 9.17) is 4.74 Å². The number of carbonyl (C=O) groups is 2. The molecule has 6 nitrogen and oxygen atoms in total. The maximum Gasteiger partial charge on any atom is 0.339 e. The molecule has 1 atom stereocenters. The summed E-state index contributed by atoms with van der Waals surface area (Å²) in [7, 11) is 0. The fraction of sp³-hybridized carbons (Fsp3) is 0.500. The Balaban J connectivity index is 0.00000484. The van der Waals surface area contributed by atoms with Crippen molar-refractivity contribution in [1.82, 2.24) is 10.6 Å². The van der Waals surface area contributed by atoms with Crippen molar-refractivity contribution in [2.75, 3.05) is 13.3 Å². The molecule has 0 aromatic heterocycles. The third kappa shape index (κ3) is 8.54. The summed E-state index contributed by atoms with van der Waals surface area (Å²) in [5.74, 6) is -0.791. The minimum Gasteiger partial charge on any atom is -0.441 e. The third-order valence-corrected chi connectivity index (χ3v) is 2.88. The van der Waals surface area contributed by atoms with Crippen LogP contribution in [0.3, 0.4) is 0 Å². The monoisotopic (exact) mass is 344 g/mol. The van der Waals surface area contributed by atoms with Gasteiger partial charge in [-0.1, -0.05) is 12.1 Å². The molecule has 0 fully saturated rings. The van der Waals surface area contributed by atoms with Crippen LogP contribution in [0.25, 0.3) is 0 Å². The molecule has 0 bridgehead atoms. The Bertz CT molecular complexity index is 512. The number of aliphatic hydroxyl groups is 1. The van der Waals surface area contributed by atoms with E-state index in [0.717, 1.165) is 5.56 Å². The first-order valence-corrected chi connectivity index (χ1v) is 7.13. The fourth-order valence-corrected chi connectivity index (χ4v) is 1.65. The quantitative estimate of drug-likeness (QED) is 0.541. The van der Waals surface area contributed by atoms with Crippen LogP contribution in [0.5, 0.6) is 0 Å². The topological polar surface area (TPSA) is 87.7 Å². The predicted molar refractivity (Wildman–Crippen MR) is 90.5 cm³/mol. The van der Waals surface area contributed by atoms with Crippen LogP contribution in [-0.4, -0.2) is 35.8 Å². The van der Waals surface area contributed by atoms with Crippen LogP contribution < -0.4 is 10.6 Å². The summed E-state index contributed by atoms with van der Waals surface area (Å²) < 4.78 is 4.89. The molecule has 0 aliphatic carbocycles. The van der Waals surface area contributed by atoms with Crippen LogP contribution in [-0.2, 0) is 9.53 Å². The molecule has 23 heavy (non-hydrogen) atoms. The standard InChI is InChI=1S/C16H24N2O4.ClH/c1-11(19)17-10-22-15(21)13-7-5-12(6-8-13)14(20)9-18-16(2,3)4;/h5-8,14,18,20H,9-10H2,1-4H3,(H,17,19);1H. The number of ether oxygens (including phenoxy) is 1. The summed E-state index contributed by atoms with van der Waals surface area (Å²) in [6, 6.07) is 6.55. The Kier molecular flexibility index (Phi) is 8.82. The van der Waals surface area contributed by atoms with Crippen molar-refractivity contribution in [2.24, 2.45) is 0 Å². The van der Waals surface area contributed by atoms with E-state index in [2.05, 4.69) is 10.6 Å². The molecular formula is C16H25ClN2O4. The van der Waals surface area contributed by atoms with Crippen LogP contribution >= 0.6 is 12.4 Å². The van der Waals surface area contributed by atoms with Crippen molar-refractivity contribution >= 4 is 24.3 Å². The zero-order valence-electron chi connectivity index (χ0n) is 13.9. The second-order valence-electron chi connectivity index (χ2n) is 6.08. The average Bonchev–Trinajstić information content (AvgIpc) is 2.43. The highest BCUT2D eigenvalue weighted by Crippen LogP contribution is 2.15. The zero-order chi connectivity index (χ0) is 16.8. The molecule has 1 aromatic rings. The number of nitrogens with one attached hydrogen (secondary N) is 2. The number of β-amino-alcohol motifs (C(OH)–C–C–N with tert-alkyl or cyclic N) is 1. The zero-order valence-corrected chi connectivity index (χ0v) is 14.7. The van der Waals surface area contributed by atoms with Gasteiger partial charge in [-0.25, -0.2) is 4.79 Å². The van der Waals surface area contributed by atoms with Crippen molar-refractivity contribution in [2.45, 2.75) is 39.3 Å². The van der Waals surface area contributed by atoms with Crippen LogP contribution in [0.4, 0.5) is 0 Å². The number of benzene rings is 1. The molecule has 0 heterocycles.